The van der Waals surface area contributed by atoms with E-state index in [0.29, 0.717) is 18.3 Å². The molecule has 3 aromatic rings. The van der Waals surface area contributed by atoms with Gasteiger partial charge in [-0.15, -0.1) is 10.2 Å². The van der Waals surface area contributed by atoms with E-state index in [1.54, 1.807) is 36.1 Å². The summed E-state index contributed by atoms with van der Waals surface area (Å²) in [5, 5.41) is 13.3. The SMILES string of the molecule is COc1cc(/C=N/n2cnnc2SCc2ccccc2)ccc1OCC(C)C. The largest absolute Gasteiger partial charge is 0.493 e. The number of thioether (sulfide) groups is 1. The lowest BCUT2D eigenvalue weighted by molar-refractivity contribution is 0.257. The lowest BCUT2D eigenvalue weighted by atomic mass is 10.2. The van der Waals surface area contributed by atoms with Crippen LogP contribution in [-0.4, -0.2) is 34.8 Å². The maximum atomic E-state index is 5.79. The number of hydrogen-bond donors (Lipinski definition) is 0. The smallest absolute Gasteiger partial charge is 0.212 e. The first kappa shape index (κ1) is 19.9. The number of methoxy groups -OCH3 is 1. The molecule has 0 saturated heterocycles. The highest BCUT2D eigenvalue weighted by atomic mass is 32.2. The molecule has 28 heavy (non-hydrogen) atoms. The van der Waals surface area contributed by atoms with Crippen molar-refractivity contribution in [2.24, 2.45) is 11.0 Å². The van der Waals surface area contributed by atoms with E-state index >= 15 is 0 Å². The highest BCUT2D eigenvalue weighted by Gasteiger charge is 2.07. The predicted molar refractivity (Wildman–Crippen MR) is 112 cm³/mol. The second kappa shape index (κ2) is 9.94. The summed E-state index contributed by atoms with van der Waals surface area (Å²) in [6, 6.07) is 16.0. The Hall–Kier alpha value is -2.80. The first-order valence-electron chi connectivity index (χ1n) is 9.07. The normalized spacial score (nSPS) is 11.3. The second-order valence-electron chi connectivity index (χ2n) is 6.59. The summed E-state index contributed by atoms with van der Waals surface area (Å²) in [7, 11) is 1.64. The summed E-state index contributed by atoms with van der Waals surface area (Å²) in [4.78, 5) is 0. The van der Waals surface area contributed by atoms with Crippen LogP contribution in [0.1, 0.15) is 25.0 Å². The fraction of sp³-hybridized carbons (Fsp3) is 0.286. The van der Waals surface area contributed by atoms with Crippen molar-refractivity contribution in [3.63, 3.8) is 0 Å². The summed E-state index contributed by atoms with van der Waals surface area (Å²) in [5.74, 6) is 2.68. The molecule has 0 unspecified atom stereocenters. The van der Waals surface area contributed by atoms with E-state index in [1.165, 1.54) is 5.56 Å². The summed E-state index contributed by atoms with van der Waals surface area (Å²) in [5.41, 5.74) is 2.13. The fourth-order valence-corrected chi connectivity index (χ4v) is 3.20. The van der Waals surface area contributed by atoms with Crippen LogP contribution < -0.4 is 9.47 Å². The Labute approximate surface area is 169 Å². The van der Waals surface area contributed by atoms with Crippen LogP contribution in [0.3, 0.4) is 0 Å². The maximum absolute atomic E-state index is 5.79. The van der Waals surface area contributed by atoms with Gasteiger partial charge in [-0.3, -0.25) is 0 Å². The number of aromatic nitrogens is 3. The third kappa shape index (κ3) is 5.60. The Bertz CT molecular complexity index is 910. The lowest BCUT2D eigenvalue weighted by Crippen LogP contribution is -2.05. The highest BCUT2D eigenvalue weighted by molar-refractivity contribution is 7.98. The number of hydrogen-bond acceptors (Lipinski definition) is 6. The fourth-order valence-electron chi connectivity index (χ4n) is 2.38. The minimum absolute atomic E-state index is 0.450. The molecule has 0 N–H and O–H groups in total. The number of benzene rings is 2. The van der Waals surface area contributed by atoms with Crippen molar-refractivity contribution in [3.8, 4) is 11.5 Å². The van der Waals surface area contributed by atoms with E-state index in [4.69, 9.17) is 9.47 Å². The molecule has 1 aromatic heterocycles. The molecule has 0 aliphatic rings. The Morgan fingerprint density at radius 1 is 1.14 bits per heavy atom. The van der Waals surface area contributed by atoms with E-state index in [0.717, 1.165) is 22.2 Å². The van der Waals surface area contributed by atoms with Crippen molar-refractivity contribution < 1.29 is 9.47 Å². The van der Waals surface area contributed by atoms with E-state index in [9.17, 15) is 0 Å². The zero-order chi connectivity index (χ0) is 19.8. The summed E-state index contributed by atoms with van der Waals surface area (Å²) < 4.78 is 12.9. The van der Waals surface area contributed by atoms with Crippen molar-refractivity contribution in [1.82, 2.24) is 14.9 Å². The van der Waals surface area contributed by atoms with Gasteiger partial charge in [-0.1, -0.05) is 55.9 Å². The summed E-state index contributed by atoms with van der Waals surface area (Å²) >= 11 is 1.59. The molecule has 0 spiro atoms. The topological polar surface area (TPSA) is 61.5 Å². The zero-order valence-electron chi connectivity index (χ0n) is 16.3. The van der Waals surface area contributed by atoms with Crippen molar-refractivity contribution >= 4 is 18.0 Å². The Morgan fingerprint density at radius 3 is 2.71 bits per heavy atom. The highest BCUT2D eigenvalue weighted by Crippen LogP contribution is 2.28. The predicted octanol–water partition coefficient (Wildman–Crippen LogP) is 4.50. The number of rotatable bonds is 9. The van der Waals surface area contributed by atoms with Gasteiger partial charge in [0.1, 0.15) is 6.33 Å². The first-order valence-corrected chi connectivity index (χ1v) is 10.1. The standard InChI is InChI=1S/C21H24N4O2S/c1-16(2)13-27-19-10-9-18(11-20(19)26-3)12-23-25-15-22-24-21(25)28-14-17-7-5-4-6-8-17/h4-12,15-16H,13-14H2,1-3H3/b23-12+. The molecule has 0 atom stereocenters. The first-order chi connectivity index (χ1) is 13.7. The molecule has 146 valence electrons. The number of ether oxygens (including phenoxy) is 2. The summed E-state index contributed by atoms with van der Waals surface area (Å²) in [6.45, 7) is 4.87. The van der Waals surface area contributed by atoms with E-state index < -0.39 is 0 Å². The van der Waals surface area contributed by atoms with Gasteiger partial charge in [-0.2, -0.15) is 9.78 Å². The molecule has 0 radical (unpaired) electrons. The van der Waals surface area contributed by atoms with Crippen molar-refractivity contribution in [3.05, 3.63) is 66.0 Å². The van der Waals surface area contributed by atoms with E-state index in [2.05, 4.69) is 41.3 Å². The van der Waals surface area contributed by atoms with Gasteiger partial charge in [0, 0.05) is 5.75 Å². The maximum Gasteiger partial charge on any atom is 0.212 e. The molecule has 2 aromatic carbocycles. The Kier molecular flexibility index (Phi) is 7.08. The van der Waals surface area contributed by atoms with Gasteiger partial charge in [0.2, 0.25) is 5.16 Å². The molecule has 0 aliphatic carbocycles. The molecule has 0 aliphatic heterocycles. The van der Waals surface area contributed by atoms with Crippen LogP contribution in [0.15, 0.2) is 65.1 Å². The average Bonchev–Trinajstić information content (AvgIpc) is 3.17. The molecule has 6 nitrogen and oxygen atoms in total. The van der Waals surface area contributed by atoms with Crippen molar-refractivity contribution in [2.45, 2.75) is 24.8 Å². The molecule has 0 fully saturated rings. The van der Waals surface area contributed by atoms with Crippen LogP contribution in [0.25, 0.3) is 0 Å². The van der Waals surface area contributed by atoms with Gasteiger partial charge >= 0.3 is 0 Å². The van der Waals surface area contributed by atoms with Gasteiger partial charge in [0.15, 0.2) is 11.5 Å². The number of nitrogens with zero attached hydrogens (tertiary/aromatic N) is 4. The molecule has 0 saturated carbocycles. The molecule has 0 bridgehead atoms. The van der Waals surface area contributed by atoms with Crippen LogP contribution in [0, 0.1) is 5.92 Å². The minimum Gasteiger partial charge on any atom is -0.493 e. The average molecular weight is 397 g/mol. The van der Waals surface area contributed by atoms with Crippen LogP contribution in [0.4, 0.5) is 0 Å². The van der Waals surface area contributed by atoms with Gasteiger partial charge in [-0.25, -0.2) is 0 Å². The van der Waals surface area contributed by atoms with Gasteiger partial charge < -0.3 is 9.47 Å². The van der Waals surface area contributed by atoms with Crippen molar-refractivity contribution in [1.29, 1.82) is 0 Å². The second-order valence-corrected chi connectivity index (χ2v) is 7.53. The third-order valence-electron chi connectivity index (χ3n) is 3.80. The molecule has 3 rings (SSSR count). The van der Waals surface area contributed by atoms with Crippen molar-refractivity contribution in [2.75, 3.05) is 13.7 Å². The quantitative estimate of drug-likeness (QED) is 0.394. The van der Waals surface area contributed by atoms with Crippen LogP contribution in [0.2, 0.25) is 0 Å². The van der Waals surface area contributed by atoms with Gasteiger partial charge in [0.25, 0.3) is 0 Å². The summed E-state index contributed by atoms with van der Waals surface area (Å²) in [6.07, 6.45) is 3.35. The van der Waals surface area contributed by atoms with Crippen LogP contribution >= 0.6 is 11.8 Å². The lowest BCUT2D eigenvalue weighted by Gasteiger charge is -2.12. The van der Waals surface area contributed by atoms with Crippen LogP contribution in [-0.2, 0) is 5.75 Å². The Morgan fingerprint density at radius 2 is 1.96 bits per heavy atom. The van der Waals surface area contributed by atoms with E-state index in [-0.39, 0.29) is 0 Å². The van der Waals surface area contributed by atoms with Crippen LogP contribution in [0.5, 0.6) is 11.5 Å². The van der Waals surface area contributed by atoms with Gasteiger partial charge in [-0.05, 0) is 35.2 Å². The molecule has 0 amide bonds. The zero-order valence-corrected chi connectivity index (χ0v) is 17.1. The third-order valence-corrected chi connectivity index (χ3v) is 4.81. The Balaban J connectivity index is 1.68. The molecule has 1 heterocycles. The monoisotopic (exact) mass is 396 g/mol. The van der Waals surface area contributed by atoms with E-state index in [1.807, 2.05) is 36.4 Å². The molecular formula is C21H24N4O2S. The molecule has 7 heteroatoms. The molecular weight excluding hydrogens is 372 g/mol. The van der Waals surface area contributed by atoms with Gasteiger partial charge in [0.05, 0.1) is 19.9 Å². The minimum atomic E-state index is 0.450.